The van der Waals surface area contributed by atoms with E-state index in [-0.39, 0.29) is 10.6 Å². The van der Waals surface area contributed by atoms with Crippen molar-refractivity contribution in [3.8, 4) is 0 Å². The van der Waals surface area contributed by atoms with E-state index in [2.05, 4.69) is 0 Å². The fraction of sp³-hybridized carbons (Fsp3) is 0.250. The fourth-order valence-corrected chi connectivity index (χ4v) is 0.887. The van der Waals surface area contributed by atoms with Gasteiger partial charge in [-0.1, -0.05) is 17.7 Å². The molecule has 0 spiro atoms. The summed E-state index contributed by atoms with van der Waals surface area (Å²) in [6, 6.07) is 2.96. The van der Waals surface area contributed by atoms with E-state index in [1.165, 1.54) is 0 Å². The topological polar surface area (TPSA) is 0 Å². The van der Waals surface area contributed by atoms with Crippen LogP contribution in [-0.2, 0) is 5.92 Å². The predicted octanol–water partition coefficient (Wildman–Crippen LogP) is 3.59. The monoisotopic (exact) mass is 194 g/mol. The number of alkyl halides is 2. The molecule has 0 radical (unpaired) electrons. The summed E-state index contributed by atoms with van der Waals surface area (Å²) < 4.78 is 37.8. The van der Waals surface area contributed by atoms with Crippen molar-refractivity contribution in [1.29, 1.82) is 0 Å². The van der Waals surface area contributed by atoms with Crippen LogP contribution in [0.1, 0.15) is 12.5 Å². The number of benzene rings is 1. The molecule has 1 aromatic rings. The molecular weight excluding hydrogens is 189 g/mol. The van der Waals surface area contributed by atoms with Crippen molar-refractivity contribution in [3.63, 3.8) is 0 Å². The minimum absolute atomic E-state index is 0.150. The second-order valence-corrected chi connectivity index (χ2v) is 2.92. The van der Waals surface area contributed by atoms with Crippen LogP contribution in [0.25, 0.3) is 0 Å². The molecule has 0 saturated carbocycles. The van der Waals surface area contributed by atoms with Crippen LogP contribution in [0.3, 0.4) is 0 Å². The summed E-state index contributed by atoms with van der Waals surface area (Å²) in [6.45, 7) is 0.704. The van der Waals surface area contributed by atoms with E-state index in [0.29, 0.717) is 6.92 Å². The summed E-state index contributed by atoms with van der Waals surface area (Å²) in [4.78, 5) is 0. The smallest absolute Gasteiger partial charge is 0.205 e. The van der Waals surface area contributed by atoms with Crippen molar-refractivity contribution < 1.29 is 13.2 Å². The molecule has 0 aliphatic carbocycles. The van der Waals surface area contributed by atoms with Crippen LogP contribution in [0.4, 0.5) is 13.2 Å². The highest BCUT2D eigenvalue weighted by Gasteiger charge is 2.24. The van der Waals surface area contributed by atoms with Gasteiger partial charge in [0.05, 0.1) is 5.02 Å². The van der Waals surface area contributed by atoms with Crippen molar-refractivity contribution in [1.82, 2.24) is 0 Å². The van der Waals surface area contributed by atoms with E-state index >= 15 is 0 Å². The van der Waals surface area contributed by atoms with Gasteiger partial charge in [0.25, 0.3) is 5.92 Å². The van der Waals surface area contributed by atoms with Crippen LogP contribution in [0.15, 0.2) is 18.2 Å². The molecule has 12 heavy (non-hydrogen) atoms. The highest BCUT2D eigenvalue weighted by Crippen LogP contribution is 2.29. The van der Waals surface area contributed by atoms with Crippen molar-refractivity contribution in [3.05, 3.63) is 34.6 Å². The molecule has 0 unspecified atom stereocenters. The molecule has 0 saturated heterocycles. The van der Waals surface area contributed by atoms with Crippen molar-refractivity contribution in [2.24, 2.45) is 0 Å². The zero-order valence-electron chi connectivity index (χ0n) is 6.24. The molecule has 0 amide bonds. The standard InChI is InChI=1S/C8H6ClF3/c1-8(11,12)5-2-3-6(9)7(10)4-5/h2-4H,1H3. The van der Waals surface area contributed by atoms with Gasteiger partial charge in [-0.15, -0.1) is 0 Å². The molecule has 0 N–H and O–H groups in total. The van der Waals surface area contributed by atoms with Gasteiger partial charge in [-0.3, -0.25) is 0 Å². The van der Waals surface area contributed by atoms with E-state index < -0.39 is 11.7 Å². The predicted molar refractivity (Wildman–Crippen MR) is 41.0 cm³/mol. The van der Waals surface area contributed by atoms with E-state index in [9.17, 15) is 13.2 Å². The maximum absolute atomic E-state index is 12.6. The summed E-state index contributed by atoms with van der Waals surface area (Å²) >= 11 is 5.31. The lowest BCUT2D eigenvalue weighted by Crippen LogP contribution is -2.06. The summed E-state index contributed by atoms with van der Waals surface area (Å²) in [5, 5.41) is -0.150. The number of rotatable bonds is 1. The Bertz CT molecular complexity index is 291. The Kier molecular flexibility index (Phi) is 2.33. The van der Waals surface area contributed by atoms with Crippen LogP contribution in [-0.4, -0.2) is 0 Å². The molecule has 0 atom stereocenters. The Morgan fingerprint density at radius 1 is 1.33 bits per heavy atom. The van der Waals surface area contributed by atoms with Gasteiger partial charge >= 0.3 is 0 Å². The van der Waals surface area contributed by atoms with E-state index in [4.69, 9.17) is 11.6 Å². The summed E-state index contributed by atoms with van der Waals surface area (Å²) in [5.74, 6) is -3.85. The Labute approximate surface area is 73.0 Å². The zero-order valence-corrected chi connectivity index (χ0v) is 7.00. The van der Waals surface area contributed by atoms with Gasteiger partial charge in [-0.05, 0) is 12.1 Å². The van der Waals surface area contributed by atoms with Gasteiger partial charge in [-0.2, -0.15) is 0 Å². The minimum atomic E-state index is -3.02. The second-order valence-electron chi connectivity index (χ2n) is 2.52. The number of halogens is 4. The maximum atomic E-state index is 12.6. The van der Waals surface area contributed by atoms with Crippen molar-refractivity contribution >= 4 is 11.6 Å². The summed E-state index contributed by atoms with van der Waals surface area (Å²) in [6.07, 6.45) is 0. The first kappa shape index (κ1) is 9.39. The Balaban J connectivity index is 3.14. The average Bonchev–Trinajstić information content (AvgIpc) is 1.92. The van der Waals surface area contributed by atoms with Crippen LogP contribution in [0.5, 0.6) is 0 Å². The quantitative estimate of drug-likeness (QED) is 0.641. The van der Waals surface area contributed by atoms with Crippen molar-refractivity contribution in [2.75, 3.05) is 0 Å². The third-order valence-corrected chi connectivity index (χ3v) is 1.73. The Morgan fingerprint density at radius 3 is 2.33 bits per heavy atom. The van der Waals surface area contributed by atoms with Gasteiger partial charge < -0.3 is 0 Å². The first-order chi connectivity index (χ1) is 5.41. The van der Waals surface area contributed by atoms with Gasteiger partial charge in [-0.25, -0.2) is 13.2 Å². The molecule has 0 aliphatic heterocycles. The lowest BCUT2D eigenvalue weighted by Gasteiger charge is -2.10. The molecule has 66 valence electrons. The van der Waals surface area contributed by atoms with E-state index in [0.717, 1.165) is 18.2 Å². The summed E-state index contributed by atoms with van der Waals surface area (Å²) in [7, 11) is 0. The molecule has 0 aromatic heterocycles. The highest BCUT2D eigenvalue weighted by atomic mass is 35.5. The molecule has 1 rings (SSSR count). The maximum Gasteiger partial charge on any atom is 0.270 e. The number of hydrogen-bond acceptors (Lipinski definition) is 0. The molecule has 0 aliphatic rings. The molecule has 1 aromatic carbocycles. The lowest BCUT2D eigenvalue weighted by molar-refractivity contribution is 0.0171. The molecule has 0 heterocycles. The Morgan fingerprint density at radius 2 is 1.92 bits per heavy atom. The zero-order chi connectivity index (χ0) is 9.35. The van der Waals surface area contributed by atoms with Gasteiger partial charge in [0.1, 0.15) is 5.82 Å². The Hall–Kier alpha value is -0.700. The third-order valence-electron chi connectivity index (χ3n) is 1.43. The lowest BCUT2D eigenvalue weighted by atomic mass is 10.1. The third kappa shape index (κ3) is 1.91. The molecule has 0 fully saturated rings. The van der Waals surface area contributed by atoms with Crippen LogP contribution >= 0.6 is 11.6 Å². The SMILES string of the molecule is CC(F)(F)c1ccc(Cl)c(F)c1. The molecule has 0 bridgehead atoms. The van der Waals surface area contributed by atoms with Crippen LogP contribution in [0, 0.1) is 5.82 Å². The van der Waals surface area contributed by atoms with Crippen molar-refractivity contribution in [2.45, 2.75) is 12.8 Å². The molecule has 4 heteroatoms. The van der Waals surface area contributed by atoms with Gasteiger partial charge in [0, 0.05) is 12.5 Å². The average molecular weight is 195 g/mol. The second kappa shape index (κ2) is 2.98. The van der Waals surface area contributed by atoms with Gasteiger partial charge in [0.15, 0.2) is 0 Å². The van der Waals surface area contributed by atoms with Crippen LogP contribution in [0.2, 0.25) is 5.02 Å². The first-order valence-corrected chi connectivity index (χ1v) is 3.62. The van der Waals surface area contributed by atoms with E-state index in [1.807, 2.05) is 0 Å². The van der Waals surface area contributed by atoms with Crippen LogP contribution < -0.4 is 0 Å². The molecular formula is C8H6ClF3. The molecule has 0 nitrogen and oxygen atoms in total. The largest absolute Gasteiger partial charge is 0.270 e. The normalized spacial score (nSPS) is 11.8. The first-order valence-electron chi connectivity index (χ1n) is 3.24. The fourth-order valence-electron chi connectivity index (χ4n) is 0.769. The summed E-state index contributed by atoms with van der Waals surface area (Å²) in [5.41, 5.74) is -0.371. The minimum Gasteiger partial charge on any atom is -0.205 e. The number of hydrogen-bond donors (Lipinski definition) is 0. The van der Waals surface area contributed by atoms with Gasteiger partial charge in [0.2, 0.25) is 0 Å². The van der Waals surface area contributed by atoms with E-state index in [1.54, 1.807) is 0 Å². The highest BCUT2D eigenvalue weighted by molar-refractivity contribution is 6.30.